The van der Waals surface area contributed by atoms with Gasteiger partial charge in [-0.25, -0.2) is 0 Å². The van der Waals surface area contributed by atoms with Crippen molar-refractivity contribution in [2.75, 3.05) is 20.5 Å². The fraction of sp³-hybridized carbons (Fsp3) is 0.625. The van der Waals surface area contributed by atoms with Crippen molar-refractivity contribution in [3.05, 3.63) is 22.3 Å². The zero-order chi connectivity index (χ0) is 14.9. The molecule has 112 valence electrons. The highest BCUT2D eigenvalue weighted by atomic mass is 16.7. The molecule has 0 saturated heterocycles. The molecule has 0 fully saturated rings. The van der Waals surface area contributed by atoms with E-state index in [-0.39, 0.29) is 13.4 Å². The van der Waals surface area contributed by atoms with Crippen molar-refractivity contribution >= 4 is 0 Å². The van der Waals surface area contributed by atoms with Gasteiger partial charge in [0.05, 0.1) is 6.61 Å². The summed E-state index contributed by atoms with van der Waals surface area (Å²) in [6.07, 6.45) is 1.70. The van der Waals surface area contributed by atoms with Gasteiger partial charge in [-0.1, -0.05) is 0 Å². The Balaban J connectivity index is 2.48. The van der Waals surface area contributed by atoms with E-state index in [0.717, 1.165) is 41.0 Å². The van der Waals surface area contributed by atoms with Crippen LogP contribution < -0.4 is 9.47 Å². The third kappa shape index (κ3) is 2.50. The van der Waals surface area contributed by atoms with Crippen molar-refractivity contribution in [3.8, 4) is 11.5 Å². The molecule has 1 heterocycles. The molecular formula is C16H24O4. The first kappa shape index (κ1) is 15.1. The number of aliphatic hydroxyl groups is 1. The minimum absolute atomic E-state index is 0.0336. The van der Waals surface area contributed by atoms with Gasteiger partial charge in [0, 0.05) is 12.7 Å². The number of rotatable bonds is 4. The highest BCUT2D eigenvalue weighted by molar-refractivity contribution is 5.58. The average molecular weight is 280 g/mol. The van der Waals surface area contributed by atoms with E-state index in [1.165, 1.54) is 5.56 Å². The van der Waals surface area contributed by atoms with Gasteiger partial charge in [0.15, 0.2) is 6.79 Å². The zero-order valence-electron chi connectivity index (χ0n) is 13.0. The van der Waals surface area contributed by atoms with Crippen molar-refractivity contribution in [2.45, 2.75) is 46.1 Å². The molecule has 1 aliphatic rings. The number of benzene rings is 1. The third-order valence-corrected chi connectivity index (χ3v) is 4.22. The standard InChI is InChI=1S/C16H24O4/c1-10-11(2)15-13(6-7-16(4,8-17)20-15)12(3)14(10)19-9-18-5/h17H,6-9H2,1-5H3/t16-/m0/s1. The molecule has 0 aliphatic carbocycles. The Kier molecular flexibility index (Phi) is 4.25. The van der Waals surface area contributed by atoms with Crippen LogP contribution >= 0.6 is 0 Å². The molecule has 0 unspecified atom stereocenters. The lowest BCUT2D eigenvalue weighted by Crippen LogP contribution is -2.40. The van der Waals surface area contributed by atoms with Crippen LogP contribution in [0.3, 0.4) is 0 Å². The lowest BCUT2D eigenvalue weighted by molar-refractivity contribution is 0.00679. The summed E-state index contributed by atoms with van der Waals surface area (Å²) in [5.74, 6) is 1.80. The highest BCUT2D eigenvalue weighted by Gasteiger charge is 2.34. The minimum atomic E-state index is -0.481. The molecule has 1 aromatic carbocycles. The van der Waals surface area contributed by atoms with Crippen LogP contribution in [0.2, 0.25) is 0 Å². The Hall–Kier alpha value is -1.26. The summed E-state index contributed by atoms with van der Waals surface area (Å²) in [6, 6.07) is 0. The first-order chi connectivity index (χ1) is 9.43. The fourth-order valence-corrected chi connectivity index (χ4v) is 2.73. The Morgan fingerprint density at radius 3 is 2.50 bits per heavy atom. The molecule has 0 amide bonds. The van der Waals surface area contributed by atoms with E-state index in [1.54, 1.807) is 7.11 Å². The molecule has 4 heteroatoms. The maximum absolute atomic E-state index is 9.51. The Labute approximate surface area is 120 Å². The quantitative estimate of drug-likeness (QED) is 0.861. The van der Waals surface area contributed by atoms with E-state index in [2.05, 4.69) is 6.92 Å². The average Bonchev–Trinajstić information content (AvgIpc) is 2.45. The topological polar surface area (TPSA) is 47.9 Å². The summed E-state index contributed by atoms with van der Waals surface area (Å²) in [7, 11) is 1.62. The normalized spacial score (nSPS) is 21.3. The van der Waals surface area contributed by atoms with E-state index in [1.807, 2.05) is 20.8 Å². The summed E-state index contributed by atoms with van der Waals surface area (Å²) in [5.41, 5.74) is 3.97. The third-order valence-electron chi connectivity index (χ3n) is 4.22. The second kappa shape index (κ2) is 5.62. The van der Waals surface area contributed by atoms with E-state index in [0.29, 0.717) is 0 Å². The number of hydrogen-bond donors (Lipinski definition) is 1. The second-order valence-corrected chi connectivity index (χ2v) is 5.77. The highest BCUT2D eigenvalue weighted by Crippen LogP contribution is 2.43. The van der Waals surface area contributed by atoms with Crippen LogP contribution in [0.1, 0.15) is 35.6 Å². The van der Waals surface area contributed by atoms with E-state index in [4.69, 9.17) is 14.2 Å². The largest absolute Gasteiger partial charge is 0.485 e. The van der Waals surface area contributed by atoms with Gasteiger partial charge in [0.2, 0.25) is 0 Å². The number of hydrogen-bond acceptors (Lipinski definition) is 4. The monoisotopic (exact) mass is 280 g/mol. The summed E-state index contributed by atoms with van der Waals surface area (Å²) in [5, 5.41) is 9.51. The molecule has 4 nitrogen and oxygen atoms in total. The molecule has 2 rings (SSSR count). The molecule has 0 aromatic heterocycles. The fourth-order valence-electron chi connectivity index (χ4n) is 2.73. The van der Waals surface area contributed by atoms with Gasteiger partial charge in [-0.15, -0.1) is 0 Å². The van der Waals surface area contributed by atoms with Crippen molar-refractivity contribution in [1.82, 2.24) is 0 Å². The van der Waals surface area contributed by atoms with Gasteiger partial charge < -0.3 is 19.3 Å². The van der Waals surface area contributed by atoms with Gasteiger partial charge in [0.25, 0.3) is 0 Å². The van der Waals surface area contributed by atoms with Gasteiger partial charge in [0.1, 0.15) is 17.1 Å². The minimum Gasteiger partial charge on any atom is -0.485 e. The molecule has 0 saturated carbocycles. The Morgan fingerprint density at radius 2 is 1.90 bits per heavy atom. The van der Waals surface area contributed by atoms with E-state index in [9.17, 15) is 5.11 Å². The lowest BCUT2D eigenvalue weighted by Gasteiger charge is -2.36. The molecule has 1 aliphatic heterocycles. The second-order valence-electron chi connectivity index (χ2n) is 5.77. The predicted molar refractivity (Wildman–Crippen MR) is 77.6 cm³/mol. The van der Waals surface area contributed by atoms with Crippen LogP contribution in [0.4, 0.5) is 0 Å². The molecule has 1 aromatic rings. The van der Waals surface area contributed by atoms with Gasteiger partial charge in [-0.2, -0.15) is 0 Å². The maximum Gasteiger partial charge on any atom is 0.188 e. The first-order valence-electron chi connectivity index (χ1n) is 6.97. The number of methoxy groups -OCH3 is 1. The van der Waals surface area contributed by atoms with E-state index < -0.39 is 5.60 Å². The molecule has 0 bridgehead atoms. The number of fused-ring (bicyclic) bond motifs is 1. The number of aliphatic hydroxyl groups excluding tert-OH is 1. The van der Waals surface area contributed by atoms with Gasteiger partial charge in [-0.3, -0.25) is 0 Å². The van der Waals surface area contributed by atoms with Crippen molar-refractivity contribution in [2.24, 2.45) is 0 Å². The number of ether oxygens (including phenoxy) is 3. The smallest absolute Gasteiger partial charge is 0.188 e. The zero-order valence-corrected chi connectivity index (χ0v) is 13.0. The lowest BCUT2D eigenvalue weighted by atomic mass is 9.87. The molecule has 1 atom stereocenters. The van der Waals surface area contributed by atoms with Crippen LogP contribution in [-0.2, 0) is 11.2 Å². The Morgan fingerprint density at radius 1 is 1.20 bits per heavy atom. The molecule has 0 radical (unpaired) electrons. The van der Waals surface area contributed by atoms with Crippen molar-refractivity contribution in [1.29, 1.82) is 0 Å². The van der Waals surface area contributed by atoms with Gasteiger partial charge in [-0.05, 0) is 57.2 Å². The van der Waals surface area contributed by atoms with Crippen LogP contribution in [0.15, 0.2) is 0 Å². The predicted octanol–water partition coefficient (Wildman–Crippen LogP) is 2.67. The first-order valence-corrected chi connectivity index (χ1v) is 6.97. The summed E-state index contributed by atoms with van der Waals surface area (Å²) in [4.78, 5) is 0. The molecule has 0 spiro atoms. The van der Waals surface area contributed by atoms with Gasteiger partial charge >= 0.3 is 0 Å². The molecule has 1 N–H and O–H groups in total. The van der Waals surface area contributed by atoms with E-state index >= 15 is 0 Å². The van der Waals surface area contributed by atoms with Crippen LogP contribution in [0, 0.1) is 20.8 Å². The van der Waals surface area contributed by atoms with Crippen LogP contribution in [0.5, 0.6) is 11.5 Å². The van der Waals surface area contributed by atoms with Crippen LogP contribution in [0.25, 0.3) is 0 Å². The van der Waals surface area contributed by atoms with Crippen molar-refractivity contribution < 1.29 is 19.3 Å². The SMILES string of the molecule is COCOc1c(C)c(C)c2c(c1C)CC[C@@](C)(CO)O2. The Bertz CT molecular complexity index is 510. The summed E-state index contributed by atoms with van der Waals surface area (Å²) >= 11 is 0. The molecular weight excluding hydrogens is 256 g/mol. The molecule has 20 heavy (non-hydrogen) atoms. The maximum atomic E-state index is 9.51. The summed E-state index contributed by atoms with van der Waals surface area (Å²) < 4.78 is 16.8. The summed E-state index contributed by atoms with van der Waals surface area (Å²) in [6.45, 7) is 8.36. The van der Waals surface area contributed by atoms with Crippen molar-refractivity contribution in [3.63, 3.8) is 0 Å². The van der Waals surface area contributed by atoms with Crippen LogP contribution in [-0.4, -0.2) is 31.2 Å².